The molecule has 0 radical (unpaired) electrons. The van der Waals surface area contributed by atoms with Gasteiger partial charge in [-0.25, -0.2) is 4.68 Å². The minimum atomic E-state index is -4.81. The second kappa shape index (κ2) is 8.59. The molecule has 11 heteroatoms. The number of alkyl halides is 3. The van der Waals surface area contributed by atoms with Gasteiger partial charge < -0.3 is 21.1 Å². The SMILES string of the molecule is CC#CC(=O)N1CCC(n2nc(-c3ccc(OC(F)(F)F)cc3)c(C(N)=O)c2N)CC1. The summed E-state index contributed by atoms with van der Waals surface area (Å²) in [6, 6.07) is 4.72. The van der Waals surface area contributed by atoms with Gasteiger partial charge in [0.2, 0.25) is 0 Å². The first-order chi connectivity index (χ1) is 14.6. The fraction of sp³-hybridized carbons (Fsp3) is 0.350. The van der Waals surface area contributed by atoms with E-state index < -0.39 is 18.0 Å². The number of nitrogens with zero attached hydrogens (tertiary/aromatic N) is 3. The first kappa shape index (κ1) is 22.0. The number of hydrogen-bond donors (Lipinski definition) is 2. The highest BCUT2D eigenvalue weighted by Gasteiger charge is 2.32. The van der Waals surface area contributed by atoms with Gasteiger partial charge in [-0.1, -0.05) is 5.92 Å². The summed E-state index contributed by atoms with van der Waals surface area (Å²) >= 11 is 0. The number of aromatic nitrogens is 2. The molecule has 0 unspecified atom stereocenters. The highest BCUT2D eigenvalue weighted by molar-refractivity contribution is 6.03. The summed E-state index contributed by atoms with van der Waals surface area (Å²) in [6.07, 6.45) is -3.73. The summed E-state index contributed by atoms with van der Waals surface area (Å²) in [6.45, 7) is 2.48. The van der Waals surface area contributed by atoms with Crippen molar-refractivity contribution in [2.45, 2.75) is 32.2 Å². The maximum Gasteiger partial charge on any atom is 0.573 e. The molecule has 0 saturated carbocycles. The van der Waals surface area contributed by atoms with E-state index in [1.165, 1.54) is 16.8 Å². The predicted octanol–water partition coefficient (Wildman–Crippen LogP) is 2.32. The molecular formula is C20H20F3N5O3. The van der Waals surface area contributed by atoms with E-state index in [0.29, 0.717) is 31.5 Å². The zero-order chi connectivity index (χ0) is 22.8. The van der Waals surface area contributed by atoms with E-state index in [4.69, 9.17) is 11.5 Å². The molecule has 0 aliphatic carbocycles. The quantitative estimate of drug-likeness (QED) is 0.715. The van der Waals surface area contributed by atoms with Gasteiger partial charge in [0.25, 0.3) is 11.8 Å². The second-order valence-corrected chi connectivity index (χ2v) is 6.89. The Kier molecular flexibility index (Phi) is 6.10. The third kappa shape index (κ3) is 4.91. The summed E-state index contributed by atoms with van der Waals surface area (Å²) in [7, 11) is 0. The smallest absolute Gasteiger partial charge is 0.406 e. The highest BCUT2D eigenvalue weighted by Crippen LogP contribution is 2.33. The molecule has 3 rings (SSSR count). The molecule has 1 fully saturated rings. The average Bonchev–Trinajstić information content (AvgIpc) is 3.05. The fourth-order valence-electron chi connectivity index (χ4n) is 3.48. The third-order valence-corrected chi connectivity index (χ3v) is 4.88. The van der Waals surface area contributed by atoms with Gasteiger partial charge >= 0.3 is 6.36 Å². The number of rotatable bonds is 4. The lowest BCUT2D eigenvalue weighted by Gasteiger charge is -2.31. The van der Waals surface area contributed by atoms with Crippen molar-refractivity contribution in [1.82, 2.24) is 14.7 Å². The topological polar surface area (TPSA) is 116 Å². The summed E-state index contributed by atoms with van der Waals surface area (Å²) in [5.74, 6) is 3.67. The molecule has 164 valence electrons. The number of carbonyl (C=O) groups excluding carboxylic acids is 2. The van der Waals surface area contributed by atoms with Gasteiger partial charge in [-0.3, -0.25) is 9.59 Å². The molecule has 31 heavy (non-hydrogen) atoms. The molecule has 1 aliphatic rings. The summed E-state index contributed by atoms with van der Waals surface area (Å²) < 4.78 is 42.5. The third-order valence-electron chi connectivity index (χ3n) is 4.88. The van der Waals surface area contributed by atoms with Gasteiger partial charge in [-0.15, -0.1) is 13.2 Å². The Hall–Kier alpha value is -3.68. The van der Waals surface area contributed by atoms with Crippen LogP contribution >= 0.6 is 0 Å². The molecule has 1 aromatic heterocycles. The van der Waals surface area contributed by atoms with Crippen molar-refractivity contribution < 1.29 is 27.5 Å². The largest absolute Gasteiger partial charge is 0.573 e. The van der Waals surface area contributed by atoms with Crippen LogP contribution in [0.3, 0.4) is 0 Å². The van der Waals surface area contributed by atoms with E-state index in [9.17, 15) is 22.8 Å². The van der Waals surface area contributed by atoms with E-state index in [2.05, 4.69) is 21.7 Å². The molecular weight excluding hydrogens is 415 g/mol. The minimum absolute atomic E-state index is 0.0140. The molecule has 8 nitrogen and oxygen atoms in total. The van der Waals surface area contributed by atoms with E-state index in [1.807, 2.05) is 0 Å². The molecule has 2 heterocycles. The molecule has 0 spiro atoms. The lowest BCUT2D eigenvalue weighted by molar-refractivity contribution is -0.274. The minimum Gasteiger partial charge on any atom is -0.406 e. The van der Waals surface area contributed by atoms with Crippen molar-refractivity contribution >= 4 is 17.6 Å². The number of hydrogen-bond acceptors (Lipinski definition) is 5. The van der Waals surface area contributed by atoms with Crippen molar-refractivity contribution in [2.24, 2.45) is 5.73 Å². The van der Waals surface area contributed by atoms with Crippen LogP contribution in [0, 0.1) is 11.8 Å². The van der Waals surface area contributed by atoms with Crippen LogP contribution < -0.4 is 16.2 Å². The Morgan fingerprint density at radius 2 is 1.81 bits per heavy atom. The molecule has 0 bridgehead atoms. The number of primary amides is 1. The van der Waals surface area contributed by atoms with Crippen LogP contribution in [0.15, 0.2) is 24.3 Å². The molecule has 1 aliphatic heterocycles. The van der Waals surface area contributed by atoms with Crippen molar-refractivity contribution in [3.63, 3.8) is 0 Å². The highest BCUT2D eigenvalue weighted by atomic mass is 19.4. The van der Waals surface area contributed by atoms with Gasteiger partial charge in [-0.2, -0.15) is 5.10 Å². The van der Waals surface area contributed by atoms with Gasteiger partial charge in [-0.05, 0) is 50.0 Å². The molecule has 1 aromatic carbocycles. The van der Waals surface area contributed by atoms with Crippen molar-refractivity contribution in [3.05, 3.63) is 29.8 Å². The average molecular weight is 435 g/mol. The molecule has 2 aromatic rings. The van der Waals surface area contributed by atoms with Crippen LogP contribution in [0.4, 0.5) is 19.0 Å². The standard InChI is InChI=1S/C20H20F3N5O3/c1-2-3-15(29)27-10-8-13(9-11-27)28-18(24)16(19(25)30)17(26-28)12-4-6-14(7-5-12)31-20(21,22)23/h4-7,13H,8-11,24H2,1H3,(H2,25,30). The van der Waals surface area contributed by atoms with Crippen molar-refractivity contribution in [3.8, 4) is 28.8 Å². The number of benzene rings is 1. The van der Waals surface area contributed by atoms with Crippen molar-refractivity contribution in [2.75, 3.05) is 18.8 Å². The first-order valence-electron chi connectivity index (χ1n) is 9.36. The van der Waals surface area contributed by atoms with Gasteiger partial charge in [0.05, 0.1) is 6.04 Å². The van der Waals surface area contributed by atoms with Crippen LogP contribution in [0.2, 0.25) is 0 Å². The number of ether oxygens (including phenoxy) is 1. The number of halogens is 3. The number of nitrogen functional groups attached to an aromatic ring is 1. The Balaban J connectivity index is 1.87. The Labute approximate surface area is 175 Å². The van der Waals surface area contributed by atoms with Gasteiger partial charge in [0.15, 0.2) is 0 Å². The molecule has 2 amide bonds. The summed E-state index contributed by atoms with van der Waals surface area (Å²) in [4.78, 5) is 25.6. The van der Waals surface area contributed by atoms with Crippen LogP contribution in [0.25, 0.3) is 11.3 Å². The summed E-state index contributed by atoms with van der Waals surface area (Å²) in [5.41, 5.74) is 12.2. The Morgan fingerprint density at radius 1 is 1.19 bits per heavy atom. The van der Waals surface area contributed by atoms with E-state index in [1.54, 1.807) is 11.8 Å². The van der Waals surface area contributed by atoms with Crippen LogP contribution in [0.5, 0.6) is 5.75 Å². The number of amides is 2. The Morgan fingerprint density at radius 3 is 2.32 bits per heavy atom. The maximum absolute atomic E-state index is 12.4. The van der Waals surface area contributed by atoms with Gasteiger partial charge in [0.1, 0.15) is 22.8 Å². The first-order valence-corrected chi connectivity index (χ1v) is 9.36. The predicted molar refractivity (Wildman–Crippen MR) is 106 cm³/mol. The zero-order valence-corrected chi connectivity index (χ0v) is 16.6. The van der Waals surface area contributed by atoms with Crippen LogP contribution in [0.1, 0.15) is 36.2 Å². The van der Waals surface area contributed by atoms with E-state index in [-0.39, 0.29) is 29.0 Å². The molecule has 0 atom stereocenters. The normalized spacial score (nSPS) is 14.6. The number of piperidine rings is 1. The summed E-state index contributed by atoms with van der Waals surface area (Å²) in [5, 5.41) is 4.43. The van der Waals surface area contributed by atoms with Gasteiger partial charge in [0, 0.05) is 18.7 Å². The lowest BCUT2D eigenvalue weighted by Crippen LogP contribution is -2.38. The molecule has 1 saturated heterocycles. The monoisotopic (exact) mass is 435 g/mol. The fourth-order valence-corrected chi connectivity index (χ4v) is 3.48. The number of likely N-dealkylation sites (tertiary alicyclic amines) is 1. The van der Waals surface area contributed by atoms with Crippen LogP contribution in [-0.2, 0) is 4.79 Å². The van der Waals surface area contributed by atoms with Crippen molar-refractivity contribution in [1.29, 1.82) is 0 Å². The second-order valence-electron chi connectivity index (χ2n) is 6.89. The Bertz CT molecular complexity index is 1040. The van der Waals surface area contributed by atoms with E-state index >= 15 is 0 Å². The maximum atomic E-state index is 12.4. The number of anilines is 1. The number of carbonyl (C=O) groups is 2. The van der Waals surface area contributed by atoms with Crippen LogP contribution in [-0.4, -0.2) is 45.9 Å². The molecule has 4 N–H and O–H groups in total. The lowest BCUT2D eigenvalue weighted by atomic mass is 10.0. The number of nitrogens with two attached hydrogens (primary N) is 2. The zero-order valence-electron chi connectivity index (χ0n) is 16.6. The van der Waals surface area contributed by atoms with E-state index in [0.717, 1.165) is 12.1 Å².